The monoisotopic (exact) mass is 317 g/mol. The Kier molecular flexibility index (Phi) is 3.45. The van der Waals surface area contributed by atoms with Gasteiger partial charge in [0.05, 0.1) is 18.5 Å². The Balaban J connectivity index is 2.19. The summed E-state index contributed by atoms with van der Waals surface area (Å²) in [5.74, 6) is 0.859. The molecular weight excluding hydrogens is 298 g/mol. The summed E-state index contributed by atoms with van der Waals surface area (Å²) in [6.45, 7) is 7.45. The molecule has 0 fully saturated rings. The number of imidazole rings is 1. The van der Waals surface area contributed by atoms with Crippen LogP contribution in [0.1, 0.15) is 30.1 Å². The number of aliphatic hydroxyl groups is 1. The Labute approximate surface area is 133 Å². The van der Waals surface area contributed by atoms with Gasteiger partial charge in [-0.1, -0.05) is 11.3 Å². The van der Waals surface area contributed by atoms with E-state index in [0.29, 0.717) is 5.01 Å². The van der Waals surface area contributed by atoms with Crippen molar-refractivity contribution in [2.24, 2.45) is 0 Å². The van der Waals surface area contributed by atoms with E-state index in [1.165, 1.54) is 11.3 Å². The molecule has 3 aromatic rings. The minimum atomic E-state index is -0.966. The highest BCUT2D eigenvalue weighted by molar-refractivity contribution is 7.16. The summed E-state index contributed by atoms with van der Waals surface area (Å²) in [5.41, 5.74) is 3.01. The van der Waals surface area contributed by atoms with Gasteiger partial charge in [0.2, 0.25) is 4.96 Å². The molecule has 0 aliphatic rings. The van der Waals surface area contributed by atoms with Gasteiger partial charge < -0.3 is 9.84 Å². The van der Waals surface area contributed by atoms with Crippen LogP contribution in [-0.4, -0.2) is 26.8 Å². The molecule has 116 valence electrons. The van der Waals surface area contributed by atoms with Crippen LogP contribution >= 0.6 is 11.3 Å². The molecule has 0 radical (unpaired) electrons. The normalized spacial score (nSPS) is 12.1. The van der Waals surface area contributed by atoms with E-state index in [4.69, 9.17) is 4.74 Å². The quantitative estimate of drug-likeness (QED) is 0.805. The number of nitrogens with zero attached hydrogens (tertiary/aromatic N) is 3. The molecule has 0 saturated carbocycles. The van der Waals surface area contributed by atoms with E-state index in [1.807, 2.05) is 30.5 Å². The maximum atomic E-state index is 10.1. The fraction of sp³-hybridized carbons (Fsp3) is 0.375. The Morgan fingerprint density at radius 2 is 2.00 bits per heavy atom. The summed E-state index contributed by atoms with van der Waals surface area (Å²) in [7, 11) is 1.67. The molecule has 0 bridgehead atoms. The van der Waals surface area contributed by atoms with Crippen LogP contribution in [0.4, 0.5) is 0 Å². The number of fused-ring (bicyclic) bond motifs is 1. The van der Waals surface area contributed by atoms with Crippen molar-refractivity contribution >= 4 is 16.3 Å². The lowest BCUT2D eigenvalue weighted by Crippen LogP contribution is -2.15. The predicted octanol–water partition coefficient (Wildman–Crippen LogP) is 3.31. The Hall–Kier alpha value is -1.92. The lowest BCUT2D eigenvalue weighted by atomic mass is 10.1. The van der Waals surface area contributed by atoms with Crippen LogP contribution in [-0.2, 0) is 5.60 Å². The first-order valence-electron chi connectivity index (χ1n) is 7.05. The van der Waals surface area contributed by atoms with Gasteiger partial charge in [-0.15, -0.1) is 0 Å². The molecule has 0 aliphatic heterocycles. The zero-order valence-corrected chi connectivity index (χ0v) is 14.2. The van der Waals surface area contributed by atoms with Crippen LogP contribution in [0.2, 0.25) is 0 Å². The molecule has 0 unspecified atom stereocenters. The van der Waals surface area contributed by atoms with Gasteiger partial charge >= 0.3 is 0 Å². The van der Waals surface area contributed by atoms with Crippen molar-refractivity contribution in [3.8, 4) is 17.0 Å². The maximum absolute atomic E-state index is 10.1. The fourth-order valence-corrected chi connectivity index (χ4v) is 3.40. The van der Waals surface area contributed by atoms with E-state index in [9.17, 15) is 5.11 Å². The van der Waals surface area contributed by atoms with Crippen LogP contribution < -0.4 is 4.74 Å². The van der Waals surface area contributed by atoms with Gasteiger partial charge in [0, 0.05) is 5.56 Å². The SMILES string of the molecule is COc1ccc(-c2c(C)nc3sc(C(C)(C)O)nn23)cc1C. The number of hydrogen-bond acceptors (Lipinski definition) is 5. The van der Waals surface area contributed by atoms with Crippen molar-refractivity contribution in [1.82, 2.24) is 14.6 Å². The number of aryl methyl sites for hydroxylation is 2. The summed E-state index contributed by atoms with van der Waals surface area (Å²) < 4.78 is 7.13. The van der Waals surface area contributed by atoms with Gasteiger partial charge in [-0.05, 0) is 51.5 Å². The van der Waals surface area contributed by atoms with Crippen LogP contribution in [0.15, 0.2) is 18.2 Å². The van der Waals surface area contributed by atoms with Crippen molar-refractivity contribution < 1.29 is 9.84 Å². The van der Waals surface area contributed by atoms with E-state index in [2.05, 4.69) is 16.1 Å². The molecule has 1 N–H and O–H groups in total. The van der Waals surface area contributed by atoms with Gasteiger partial charge in [-0.3, -0.25) is 0 Å². The molecule has 2 heterocycles. The number of methoxy groups -OCH3 is 1. The molecule has 3 rings (SSSR count). The lowest BCUT2D eigenvalue weighted by molar-refractivity contribution is 0.0773. The average molecular weight is 317 g/mol. The second-order valence-corrected chi connectivity index (χ2v) is 6.85. The first-order valence-corrected chi connectivity index (χ1v) is 7.87. The Morgan fingerprint density at radius 3 is 2.59 bits per heavy atom. The van der Waals surface area contributed by atoms with Crippen molar-refractivity contribution in [3.05, 3.63) is 34.5 Å². The summed E-state index contributed by atoms with van der Waals surface area (Å²) in [6.07, 6.45) is 0. The molecular formula is C16H19N3O2S. The van der Waals surface area contributed by atoms with E-state index < -0.39 is 5.60 Å². The minimum absolute atomic E-state index is 0.654. The number of benzene rings is 1. The average Bonchev–Trinajstić information content (AvgIpc) is 2.94. The molecule has 0 saturated heterocycles. The number of ether oxygens (including phenoxy) is 1. The highest BCUT2D eigenvalue weighted by Crippen LogP contribution is 2.32. The van der Waals surface area contributed by atoms with E-state index in [-0.39, 0.29) is 0 Å². The molecule has 1 aromatic carbocycles. The van der Waals surface area contributed by atoms with Crippen molar-refractivity contribution in [3.63, 3.8) is 0 Å². The molecule has 2 aromatic heterocycles. The van der Waals surface area contributed by atoms with Crippen molar-refractivity contribution in [2.75, 3.05) is 7.11 Å². The first kappa shape index (κ1) is 15.0. The van der Waals surface area contributed by atoms with Gasteiger partial charge in [0.15, 0.2) is 0 Å². The highest BCUT2D eigenvalue weighted by atomic mass is 32.1. The summed E-state index contributed by atoms with van der Waals surface area (Å²) in [6, 6.07) is 6.02. The molecule has 0 aliphatic carbocycles. The zero-order chi connectivity index (χ0) is 16.1. The second kappa shape index (κ2) is 5.07. The largest absolute Gasteiger partial charge is 0.496 e. The minimum Gasteiger partial charge on any atom is -0.496 e. The topological polar surface area (TPSA) is 59.7 Å². The molecule has 0 amide bonds. The zero-order valence-electron chi connectivity index (χ0n) is 13.3. The predicted molar refractivity (Wildman–Crippen MR) is 87.6 cm³/mol. The summed E-state index contributed by atoms with van der Waals surface area (Å²) in [4.78, 5) is 5.36. The molecule has 5 nitrogen and oxygen atoms in total. The van der Waals surface area contributed by atoms with Gasteiger partial charge in [-0.25, -0.2) is 9.50 Å². The van der Waals surface area contributed by atoms with Gasteiger partial charge in [0.1, 0.15) is 16.4 Å². The number of hydrogen-bond donors (Lipinski definition) is 1. The Morgan fingerprint density at radius 1 is 1.27 bits per heavy atom. The molecule has 0 spiro atoms. The Bertz CT molecular complexity index is 843. The van der Waals surface area contributed by atoms with Crippen LogP contribution in [0.25, 0.3) is 16.2 Å². The standard InChI is InChI=1S/C16H19N3O2S/c1-9-8-11(6-7-12(9)21-5)13-10(2)17-15-19(13)18-14(22-15)16(3,4)20/h6-8,20H,1-5H3. The number of aromatic nitrogens is 3. The van der Waals surface area contributed by atoms with Crippen LogP contribution in [0.3, 0.4) is 0 Å². The van der Waals surface area contributed by atoms with Crippen molar-refractivity contribution in [2.45, 2.75) is 33.3 Å². The summed E-state index contributed by atoms with van der Waals surface area (Å²) in [5, 5.41) is 15.3. The van der Waals surface area contributed by atoms with E-state index in [0.717, 1.165) is 33.2 Å². The third-order valence-electron chi connectivity index (χ3n) is 3.57. The van der Waals surface area contributed by atoms with E-state index >= 15 is 0 Å². The highest BCUT2D eigenvalue weighted by Gasteiger charge is 2.24. The fourth-order valence-electron chi connectivity index (χ4n) is 2.45. The van der Waals surface area contributed by atoms with Crippen LogP contribution in [0, 0.1) is 13.8 Å². The third-order valence-corrected chi connectivity index (χ3v) is 4.79. The van der Waals surface area contributed by atoms with Crippen LogP contribution in [0.5, 0.6) is 5.75 Å². The molecule has 6 heteroatoms. The third kappa shape index (κ3) is 2.38. The number of rotatable bonds is 3. The second-order valence-electron chi connectivity index (χ2n) is 5.89. The van der Waals surface area contributed by atoms with Gasteiger partial charge in [-0.2, -0.15) is 5.10 Å². The molecule has 22 heavy (non-hydrogen) atoms. The maximum Gasteiger partial charge on any atom is 0.213 e. The summed E-state index contributed by atoms with van der Waals surface area (Å²) >= 11 is 1.41. The lowest BCUT2D eigenvalue weighted by Gasteiger charge is -2.12. The van der Waals surface area contributed by atoms with Gasteiger partial charge in [0.25, 0.3) is 0 Å². The molecule has 0 atom stereocenters. The smallest absolute Gasteiger partial charge is 0.213 e. The van der Waals surface area contributed by atoms with E-state index in [1.54, 1.807) is 21.0 Å². The van der Waals surface area contributed by atoms with Crippen molar-refractivity contribution in [1.29, 1.82) is 0 Å². The first-order chi connectivity index (χ1) is 10.3.